The Balaban J connectivity index is 1.91. The lowest BCUT2D eigenvalue weighted by Crippen LogP contribution is -2.28. The van der Waals surface area contributed by atoms with Gasteiger partial charge in [-0.1, -0.05) is 18.9 Å². The average molecular weight is 371 g/mol. The summed E-state index contributed by atoms with van der Waals surface area (Å²) in [5.74, 6) is 0.677. The van der Waals surface area contributed by atoms with Crippen molar-refractivity contribution >= 4 is 29.4 Å². The van der Waals surface area contributed by atoms with Gasteiger partial charge in [-0.15, -0.1) is 0 Å². The molecule has 1 aliphatic rings. The van der Waals surface area contributed by atoms with E-state index in [4.69, 9.17) is 10.1 Å². The van der Waals surface area contributed by atoms with Crippen LogP contribution in [-0.4, -0.2) is 24.0 Å². The molecule has 26 heavy (non-hydrogen) atoms. The molecule has 1 fully saturated rings. The Morgan fingerprint density at radius 3 is 2.58 bits per heavy atom. The minimum absolute atomic E-state index is 0.126. The van der Waals surface area contributed by atoms with Gasteiger partial charge >= 0.3 is 0 Å². The second-order valence-electron chi connectivity index (χ2n) is 6.76. The number of carbonyl (C=O) groups excluding carboxylic acids is 1. The number of rotatable bonds is 4. The van der Waals surface area contributed by atoms with Crippen LogP contribution in [0.2, 0.25) is 0 Å². The predicted octanol–water partition coefficient (Wildman–Crippen LogP) is 4.30. The second kappa shape index (κ2) is 8.56. The molecule has 3 N–H and O–H groups in total. The van der Waals surface area contributed by atoms with Gasteiger partial charge < -0.3 is 10.2 Å². The molecule has 0 spiro atoms. The first-order chi connectivity index (χ1) is 12.6. The summed E-state index contributed by atoms with van der Waals surface area (Å²) in [7, 11) is 0. The molecule has 0 atom stereocenters. The van der Waals surface area contributed by atoms with Crippen molar-refractivity contribution in [1.29, 1.82) is 0 Å². The number of nitrogens with zero attached hydrogens (tertiary/aromatic N) is 2. The molecule has 1 aromatic heterocycles. The van der Waals surface area contributed by atoms with Crippen molar-refractivity contribution in [3.8, 4) is 0 Å². The first kappa shape index (κ1) is 18.7. The van der Waals surface area contributed by atoms with Crippen LogP contribution < -0.4 is 15.4 Å². The van der Waals surface area contributed by atoms with Crippen LogP contribution in [0.1, 0.15) is 47.3 Å². The summed E-state index contributed by atoms with van der Waals surface area (Å²) in [5.41, 5.74) is 3.38. The van der Waals surface area contributed by atoms with Crippen LogP contribution in [0.5, 0.6) is 0 Å². The molecular formula is C20H26N4OS. The fraction of sp³-hybridized carbons (Fsp3) is 0.400. The van der Waals surface area contributed by atoms with E-state index in [2.05, 4.69) is 10.2 Å². The van der Waals surface area contributed by atoms with Gasteiger partial charge in [0.2, 0.25) is 0 Å². The van der Waals surface area contributed by atoms with Crippen LogP contribution >= 0.6 is 11.9 Å². The number of anilines is 2. The highest BCUT2D eigenvalue weighted by molar-refractivity contribution is 7.97. The number of nitrogens with two attached hydrogens (primary N) is 1. The maximum Gasteiger partial charge on any atom is 0.259 e. The average Bonchev–Trinajstić information content (AvgIpc) is 2.93. The van der Waals surface area contributed by atoms with E-state index in [9.17, 15) is 4.79 Å². The molecule has 1 aromatic carbocycles. The zero-order valence-corrected chi connectivity index (χ0v) is 16.2. The van der Waals surface area contributed by atoms with Crippen molar-refractivity contribution in [1.82, 2.24) is 4.98 Å². The number of amides is 1. The minimum atomic E-state index is -0.126. The number of carbonyl (C=O) groups is 1. The summed E-state index contributed by atoms with van der Waals surface area (Å²) in [6, 6.07) is 9.51. The van der Waals surface area contributed by atoms with Crippen LogP contribution in [0.15, 0.2) is 35.2 Å². The van der Waals surface area contributed by atoms with E-state index in [0.29, 0.717) is 5.56 Å². The molecule has 1 saturated heterocycles. The van der Waals surface area contributed by atoms with Crippen LogP contribution in [-0.2, 0) is 0 Å². The Morgan fingerprint density at radius 2 is 1.88 bits per heavy atom. The highest BCUT2D eigenvalue weighted by atomic mass is 32.2. The van der Waals surface area contributed by atoms with Gasteiger partial charge in [0.25, 0.3) is 5.91 Å². The third kappa shape index (κ3) is 4.37. The molecule has 0 saturated carbocycles. The monoisotopic (exact) mass is 370 g/mol. The van der Waals surface area contributed by atoms with E-state index in [-0.39, 0.29) is 5.91 Å². The van der Waals surface area contributed by atoms with Gasteiger partial charge in [-0.25, -0.2) is 4.98 Å². The van der Waals surface area contributed by atoms with Gasteiger partial charge in [0.1, 0.15) is 5.82 Å². The summed E-state index contributed by atoms with van der Waals surface area (Å²) in [6.45, 7) is 5.90. The first-order valence-corrected chi connectivity index (χ1v) is 9.98. The van der Waals surface area contributed by atoms with E-state index in [1.807, 2.05) is 44.2 Å². The third-order valence-electron chi connectivity index (χ3n) is 4.82. The van der Waals surface area contributed by atoms with Crippen molar-refractivity contribution in [2.45, 2.75) is 44.4 Å². The van der Waals surface area contributed by atoms with Crippen LogP contribution in [0, 0.1) is 13.8 Å². The molecule has 2 aromatic rings. The quantitative estimate of drug-likeness (QED) is 0.785. The van der Waals surface area contributed by atoms with Gasteiger partial charge in [-0.3, -0.25) is 9.93 Å². The normalized spacial score (nSPS) is 14.8. The Bertz CT molecular complexity index is 785. The van der Waals surface area contributed by atoms with E-state index >= 15 is 0 Å². The van der Waals surface area contributed by atoms with Crippen molar-refractivity contribution in [2.75, 3.05) is 23.3 Å². The summed E-state index contributed by atoms with van der Waals surface area (Å²) >= 11 is 1.17. The number of benzene rings is 1. The fourth-order valence-corrected chi connectivity index (χ4v) is 3.58. The molecular weight excluding hydrogens is 344 g/mol. The number of nitrogens with one attached hydrogen (secondary N) is 1. The molecule has 0 radical (unpaired) electrons. The van der Waals surface area contributed by atoms with E-state index in [0.717, 1.165) is 53.6 Å². The SMILES string of the molecule is Cc1cc(C(=O)Nc2cccc(SN)c2)c(N2CCCCCC2)nc1C. The molecule has 1 aliphatic heterocycles. The van der Waals surface area contributed by atoms with Gasteiger partial charge in [0.05, 0.1) is 5.56 Å². The number of pyridine rings is 1. The zero-order valence-electron chi connectivity index (χ0n) is 15.4. The Kier molecular flexibility index (Phi) is 6.16. The van der Waals surface area contributed by atoms with Gasteiger partial charge in [-0.2, -0.15) is 0 Å². The summed E-state index contributed by atoms with van der Waals surface area (Å²) in [4.78, 5) is 21.0. The lowest BCUT2D eigenvalue weighted by atomic mass is 10.1. The van der Waals surface area contributed by atoms with E-state index < -0.39 is 0 Å². The molecule has 0 aliphatic carbocycles. The first-order valence-electron chi connectivity index (χ1n) is 9.10. The third-order valence-corrected chi connectivity index (χ3v) is 5.35. The lowest BCUT2D eigenvalue weighted by Gasteiger charge is -2.25. The number of aromatic nitrogens is 1. The van der Waals surface area contributed by atoms with Gasteiger partial charge in [0, 0.05) is 29.4 Å². The summed E-state index contributed by atoms with van der Waals surface area (Å²) in [5, 5.41) is 8.62. The molecule has 6 heteroatoms. The topological polar surface area (TPSA) is 71.2 Å². The molecule has 1 amide bonds. The number of hydrogen-bond acceptors (Lipinski definition) is 5. The largest absolute Gasteiger partial charge is 0.356 e. The Labute approximate surface area is 159 Å². The van der Waals surface area contributed by atoms with E-state index in [1.54, 1.807) is 0 Å². The summed E-state index contributed by atoms with van der Waals surface area (Å²) < 4.78 is 0. The molecule has 3 rings (SSSR count). The number of aryl methyl sites for hydroxylation is 2. The van der Waals surface area contributed by atoms with Crippen LogP contribution in [0.3, 0.4) is 0 Å². The van der Waals surface area contributed by atoms with E-state index in [1.165, 1.54) is 24.8 Å². The predicted molar refractivity (Wildman–Crippen MR) is 109 cm³/mol. The maximum atomic E-state index is 13.0. The zero-order chi connectivity index (χ0) is 18.5. The molecule has 0 unspecified atom stereocenters. The summed E-state index contributed by atoms with van der Waals surface area (Å²) in [6.07, 6.45) is 4.77. The van der Waals surface area contributed by atoms with Crippen molar-refractivity contribution in [3.63, 3.8) is 0 Å². The van der Waals surface area contributed by atoms with Crippen LogP contribution in [0.25, 0.3) is 0 Å². The van der Waals surface area contributed by atoms with Crippen molar-refractivity contribution in [2.24, 2.45) is 5.14 Å². The van der Waals surface area contributed by atoms with Crippen molar-refractivity contribution < 1.29 is 4.79 Å². The fourth-order valence-electron chi connectivity index (χ4n) is 3.23. The minimum Gasteiger partial charge on any atom is -0.356 e. The lowest BCUT2D eigenvalue weighted by molar-refractivity contribution is 0.102. The number of hydrogen-bond donors (Lipinski definition) is 2. The van der Waals surface area contributed by atoms with Crippen molar-refractivity contribution in [3.05, 3.63) is 47.2 Å². The molecule has 5 nitrogen and oxygen atoms in total. The molecule has 2 heterocycles. The smallest absolute Gasteiger partial charge is 0.259 e. The standard InChI is InChI=1S/C20H26N4OS/c1-14-12-18(20(25)23-16-8-7-9-17(13-16)26-21)19(22-15(14)2)24-10-5-3-4-6-11-24/h7-9,12-13H,3-6,10-11,21H2,1-2H3,(H,23,25). The maximum absolute atomic E-state index is 13.0. The Hall–Kier alpha value is -2.05. The second-order valence-corrected chi connectivity index (χ2v) is 7.47. The molecule has 138 valence electrons. The Morgan fingerprint density at radius 1 is 1.15 bits per heavy atom. The van der Waals surface area contributed by atoms with Crippen LogP contribution in [0.4, 0.5) is 11.5 Å². The highest BCUT2D eigenvalue weighted by Crippen LogP contribution is 2.26. The van der Waals surface area contributed by atoms with Gasteiger partial charge in [0.15, 0.2) is 0 Å². The highest BCUT2D eigenvalue weighted by Gasteiger charge is 2.21. The van der Waals surface area contributed by atoms with Gasteiger partial charge in [-0.05, 0) is 68.5 Å². The molecule has 0 bridgehead atoms.